The van der Waals surface area contributed by atoms with Gasteiger partial charge in [-0.05, 0) is 44.7 Å². The van der Waals surface area contributed by atoms with Crippen LogP contribution in [0, 0.1) is 5.92 Å². The van der Waals surface area contributed by atoms with Crippen molar-refractivity contribution in [3.8, 4) is 0 Å². The smallest absolute Gasteiger partial charge is 0.211 e. The molecular formula is C16H34IN5O2S. The largest absolute Gasteiger partial charge is 0.356 e. The van der Waals surface area contributed by atoms with Gasteiger partial charge < -0.3 is 10.6 Å². The van der Waals surface area contributed by atoms with E-state index in [1.165, 1.54) is 25.6 Å². The van der Waals surface area contributed by atoms with E-state index < -0.39 is 10.0 Å². The molecule has 2 aliphatic heterocycles. The molecule has 2 rings (SSSR count). The van der Waals surface area contributed by atoms with Gasteiger partial charge in [0.2, 0.25) is 10.0 Å². The fourth-order valence-corrected chi connectivity index (χ4v) is 4.54. The number of nitrogens with one attached hydrogen (secondary N) is 2. The highest BCUT2D eigenvalue weighted by atomic mass is 127. The van der Waals surface area contributed by atoms with Gasteiger partial charge in [0.25, 0.3) is 0 Å². The average Bonchev–Trinajstić information content (AvgIpc) is 3.02. The summed E-state index contributed by atoms with van der Waals surface area (Å²) in [5, 5.41) is 6.84. The topological polar surface area (TPSA) is 77.0 Å². The number of aliphatic imine (C=N–C) groups is 1. The van der Waals surface area contributed by atoms with Crippen molar-refractivity contribution in [3.05, 3.63) is 0 Å². The summed E-state index contributed by atoms with van der Waals surface area (Å²) < 4.78 is 24.7. The maximum Gasteiger partial charge on any atom is 0.211 e. The Kier molecular flexibility index (Phi) is 9.97. The summed E-state index contributed by atoms with van der Waals surface area (Å²) in [5.74, 6) is 1.35. The highest BCUT2D eigenvalue weighted by Crippen LogP contribution is 2.18. The zero-order chi connectivity index (χ0) is 17.6. The van der Waals surface area contributed by atoms with Crippen LogP contribution in [-0.4, -0.2) is 82.2 Å². The van der Waals surface area contributed by atoms with Crippen molar-refractivity contribution < 1.29 is 8.42 Å². The molecule has 0 aromatic rings. The fraction of sp³-hybridized carbons (Fsp3) is 0.938. The number of hydrogen-bond acceptors (Lipinski definition) is 4. The van der Waals surface area contributed by atoms with Crippen molar-refractivity contribution in [3.63, 3.8) is 0 Å². The summed E-state index contributed by atoms with van der Waals surface area (Å²) in [6.45, 7) is 7.56. The van der Waals surface area contributed by atoms with E-state index in [0.717, 1.165) is 38.4 Å². The summed E-state index contributed by atoms with van der Waals surface area (Å²) in [7, 11) is -1.24. The number of piperidine rings is 1. The molecule has 0 aromatic heterocycles. The monoisotopic (exact) mass is 487 g/mol. The Hall–Kier alpha value is -0.130. The molecule has 25 heavy (non-hydrogen) atoms. The van der Waals surface area contributed by atoms with E-state index in [-0.39, 0.29) is 24.0 Å². The molecule has 0 spiro atoms. The molecule has 2 fully saturated rings. The van der Waals surface area contributed by atoms with Crippen molar-refractivity contribution >= 4 is 40.0 Å². The van der Waals surface area contributed by atoms with E-state index in [2.05, 4.69) is 27.4 Å². The number of guanidine groups is 1. The van der Waals surface area contributed by atoms with E-state index in [4.69, 9.17) is 0 Å². The van der Waals surface area contributed by atoms with Crippen LogP contribution in [0.5, 0.6) is 0 Å². The third-order valence-electron chi connectivity index (χ3n) is 5.23. The van der Waals surface area contributed by atoms with Gasteiger partial charge in [-0.1, -0.05) is 6.92 Å². The van der Waals surface area contributed by atoms with Crippen LogP contribution in [0.25, 0.3) is 0 Å². The van der Waals surface area contributed by atoms with E-state index in [0.29, 0.717) is 25.0 Å². The summed E-state index contributed by atoms with van der Waals surface area (Å²) in [5.41, 5.74) is 0. The molecule has 0 aromatic carbocycles. The second-order valence-corrected chi connectivity index (χ2v) is 8.85. The molecule has 9 heteroatoms. The van der Waals surface area contributed by atoms with Gasteiger partial charge in [-0.3, -0.25) is 9.89 Å². The third-order valence-corrected chi connectivity index (χ3v) is 6.54. The Balaban J connectivity index is 0.00000312. The summed E-state index contributed by atoms with van der Waals surface area (Å²) >= 11 is 0. The van der Waals surface area contributed by atoms with Gasteiger partial charge in [0.15, 0.2) is 5.96 Å². The SMILES string of the molecule is CCN1CCCC1CNC(=NC)NCC1CCN(S(C)(=O)=O)CC1.I. The highest BCUT2D eigenvalue weighted by Gasteiger charge is 2.25. The first-order valence-corrected chi connectivity index (χ1v) is 10.9. The molecule has 2 N–H and O–H groups in total. The van der Waals surface area contributed by atoms with E-state index in [9.17, 15) is 8.42 Å². The lowest BCUT2D eigenvalue weighted by Crippen LogP contribution is -2.47. The Labute approximate surface area is 170 Å². The van der Waals surface area contributed by atoms with Crippen LogP contribution in [0.2, 0.25) is 0 Å². The van der Waals surface area contributed by atoms with Crippen LogP contribution >= 0.6 is 24.0 Å². The fourth-order valence-electron chi connectivity index (χ4n) is 3.66. The summed E-state index contributed by atoms with van der Waals surface area (Å²) in [6, 6.07) is 0.603. The average molecular weight is 487 g/mol. The van der Waals surface area contributed by atoms with Crippen molar-refractivity contribution in [2.75, 3.05) is 52.6 Å². The molecule has 2 heterocycles. The molecule has 2 aliphatic rings. The minimum absolute atomic E-state index is 0. The number of likely N-dealkylation sites (tertiary alicyclic amines) is 1. The van der Waals surface area contributed by atoms with Crippen molar-refractivity contribution in [2.24, 2.45) is 10.9 Å². The molecule has 2 saturated heterocycles. The number of likely N-dealkylation sites (N-methyl/N-ethyl adjacent to an activating group) is 1. The number of nitrogens with zero attached hydrogens (tertiary/aromatic N) is 3. The predicted octanol–water partition coefficient (Wildman–Crippen LogP) is 0.925. The van der Waals surface area contributed by atoms with Crippen LogP contribution in [0.1, 0.15) is 32.6 Å². The molecule has 0 saturated carbocycles. The van der Waals surface area contributed by atoms with Crippen LogP contribution in [0.15, 0.2) is 4.99 Å². The highest BCUT2D eigenvalue weighted by molar-refractivity contribution is 14.0. The van der Waals surface area contributed by atoms with Gasteiger partial charge in [0.1, 0.15) is 0 Å². The molecule has 1 unspecified atom stereocenters. The van der Waals surface area contributed by atoms with E-state index >= 15 is 0 Å². The maximum absolute atomic E-state index is 11.5. The third kappa shape index (κ3) is 7.18. The van der Waals surface area contributed by atoms with Gasteiger partial charge in [-0.2, -0.15) is 0 Å². The van der Waals surface area contributed by atoms with Gasteiger partial charge in [-0.15, -0.1) is 24.0 Å². The van der Waals surface area contributed by atoms with Gasteiger partial charge in [0.05, 0.1) is 6.26 Å². The molecule has 7 nitrogen and oxygen atoms in total. The molecule has 0 aliphatic carbocycles. The predicted molar refractivity (Wildman–Crippen MR) is 114 cm³/mol. The van der Waals surface area contributed by atoms with Gasteiger partial charge >= 0.3 is 0 Å². The number of sulfonamides is 1. The lowest BCUT2D eigenvalue weighted by atomic mass is 9.98. The molecule has 0 bridgehead atoms. The molecule has 148 valence electrons. The van der Waals surface area contributed by atoms with Gasteiger partial charge in [-0.25, -0.2) is 12.7 Å². The minimum atomic E-state index is -3.04. The zero-order valence-corrected chi connectivity index (χ0v) is 18.8. The number of halogens is 1. The Bertz CT molecular complexity index is 521. The van der Waals surface area contributed by atoms with Crippen molar-refractivity contribution in [2.45, 2.75) is 38.6 Å². The van der Waals surface area contributed by atoms with Gasteiger partial charge in [0, 0.05) is 39.3 Å². The molecule has 1 atom stereocenters. The first-order chi connectivity index (χ1) is 11.4. The first-order valence-electron chi connectivity index (χ1n) is 9.07. The summed E-state index contributed by atoms with van der Waals surface area (Å²) in [6.07, 6.45) is 5.64. The Morgan fingerprint density at radius 3 is 2.32 bits per heavy atom. The molecule has 0 radical (unpaired) electrons. The number of hydrogen-bond donors (Lipinski definition) is 2. The Morgan fingerprint density at radius 2 is 1.76 bits per heavy atom. The second-order valence-electron chi connectivity index (χ2n) is 6.86. The zero-order valence-electron chi connectivity index (χ0n) is 15.7. The van der Waals surface area contributed by atoms with E-state index in [1.54, 1.807) is 11.4 Å². The van der Waals surface area contributed by atoms with Crippen molar-refractivity contribution in [1.82, 2.24) is 19.8 Å². The van der Waals surface area contributed by atoms with Crippen LogP contribution < -0.4 is 10.6 Å². The normalized spacial score (nSPS) is 24.1. The lowest BCUT2D eigenvalue weighted by molar-refractivity contribution is 0.265. The second kappa shape index (κ2) is 10.9. The standard InChI is InChI=1S/C16H33N5O2S.HI/c1-4-20-9-5-6-15(20)13-19-16(17-2)18-12-14-7-10-21(11-8-14)24(3,22)23;/h14-15H,4-13H2,1-3H3,(H2,17,18,19);1H. The quantitative estimate of drug-likeness (QED) is 0.331. The lowest BCUT2D eigenvalue weighted by Gasteiger charge is -2.30. The Morgan fingerprint density at radius 1 is 1.12 bits per heavy atom. The van der Waals surface area contributed by atoms with Crippen LogP contribution in [0.3, 0.4) is 0 Å². The number of rotatable bonds is 6. The molecular weight excluding hydrogens is 453 g/mol. The van der Waals surface area contributed by atoms with Crippen LogP contribution in [-0.2, 0) is 10.0 Å². The minimum Gasteiger partial charge on any atom is -0.356 e. The summed E-state index contributed by atoms with van der Waals surface area (Å²) in [4.78, 5) is 6.82. The maximum atomic E-state index is 11.5. The van der Waals surface area contributed by atoms with E-state index in [1.807, 2.05) is 0 Å². The first kappa shape index (κ1) is 22.9. The van der Waals surface area contributed by atoms with Crippen LogP contribution in [0.4, 0.5) is 0 Å². The molecule has 0 amide bonds. The van der Waals surface area contributed by atoms with Crippen molar-refractivity contribution in [1.29, 1.82) is 0 Å².